The number of hydrazine groups is 1. The van der Waals surface area contributed by atoms with E-state index in [2.05, 4.69) is 20.1 Å². The average molecular weight is 227 g/mol. The number of rotatable bonds is 3. The molecule has 0 atom stereocenters. The SMILES string of the molecule is Cn1cnn(Cc2nnsc2NN)c1=O. The average Bonchev–Trinajstić information content (AvgIpc) is 2.80. The third-order valence-electron chi connectivity index (χ3n) is 1.87. The number of anilines is 1. The second-order valence-corrected chi connectivity index (χ2v) is 3.63. The molecule has 0 aliphatic heterocycles. The maximum Gasteiger partial charge on any atom is 0.345 e. The molecule has 0 fully saturated rings. The van der Waals surface area contributed by atoms with Gasteiger partial charge in [-0.3, -0.25) is 4.57 Å². The lowest BCUT2D eigenvalue weighted by Gasteiger charge is -1.98. The summed E-state index contributed by atoms with van der Waals surface area (Å²) in [4.78, 5) is 11.5. The first-order valence-corrected chi connectivity index (χ1v) is 4.86. The number of nitrogens with zero attached hydrogens (tertiary/aromatic N) is 5. The molecule has 2 aromatic rings. The van der Waals surface area contributed by atoms with Crippen LogP contribution in [0.25, 0.3) is 0 Å². The van der Waals surface area contributed by atoms with E-state index in [9.17, 15) is 4.79 Å². The normalized spacial score (nSPS) is 10.5. The van der Waals surface area contributed by atoms with Gasteiger partial charge in [0.2, 0.25) is 0 Å². The van der Waals surface area contributed by atoms with E-state index in [1.54, 1.807) is 7.05 Å². The van der Waals surface area contributed by atoms with Gasteiger partial charge in [-0.1, -0.05) is 4.49 Å². The Bertz CT molecular complexity index is 512. The number of nitrogens with two attached hydrogens (primary N) is 1. The molecule has 8 nitrogen and oxygen atoms in total. The zero-order chi connectivity index (χ0) is 10.8. The predicted molar refractivity (Wildman–Crippen MR) is 54.3 cm³/mol. The minimum absolute atomic E-state index is 0.203. The van der Waals surface area contributed by atoms with Crippen LogP contribution in [0.5, 0.6) is 0 Å². The highest BCUT2D eigenvalue weighted by Gasteiger charge is 2.10. The maximum atomic E-state index is 11.5. The van der Waals surface area contributed by atoms with Crippen LogP contribution in [0.2, 0.25) is 0 Å². The standard InChI is InChI=1S/C6H9N7OS/c1-12-3-8-13(6(12)14)2-4-5(9-7)15-11-10-4/h3,9H,2,7H2,1H3. The van der Waals surface area contributed by atoms with Gasteiger partial charge in [0.15, 0.2) is 0 Å². The summed E-state index contributed by atoms with van der Waals surface area (Å²) >= 11 is 1.13. The van der Waals surface area contributed by atoms with Gasteiger partial charge in [0.1, 0.15) is 17.0 Å². The van der Waals surface area contributed by atoms with Crippen molar-refractivity contribution in [3.8, 4) is 0 Å². The first-order valence-electron chi connectivity index (χ1n) is 4.08. The van der Waals surface area contributed by atoms with Crippen molar-refractivity contribution in [3.05, 3.63) is 22.5 Å². The molecule has 0 aliphatic rings. The van der Waals surface area contributed by atoms with E-state index in [-0.39, 0.29) is 12.2 Å². The van der Waals surface area contributed by atoms with Crippen LogP contribution in [0.15, 0.2) is 11.1 Å². The summed E-state index contributed by atoms with van der Waals surface area (Å²) in [7, 11) is 1.63. The molecule has 15 heavy (non-hydrogen) atoms. The van der Waals surface area contributed by atoms with Crippen LogP contribution in [-0.2, 0) is 13.6 Å². The largest absolute Gasteiger partial charge is 0.345 e. The lowest BCUT2D eigenvalue weighted by atomic mass is 10.4. The summed E-state index contributed by atoms with van der Waals surface area (Å²) in [6.07, 6.45) is 1.44. The molecule has 2 heterocycles. The topological polar surface area (TPSA) is 104 Å². The van der Waals surface area contributed by atoms with Crippen molar-refractivity contribution in [1.82, 2.24) is 23.9 Å². The highest BCUT2D eigenvalue weighted by molar-refractivity contribution is 7.10. The second-order valence-electron chi connectivity index (χ2n) is 2.88. The zero-order valence-corrected chi connectivity index (χ0v) is 8.73. The first kappa shape index (κ1) is 9.80. The molecule has 0 aromatic carbocycles. The lowest BCUT2D eigenvalue weighted by molar-refractivity contribution is 0.634. The molecular weight excluding hydrogens is 218 g/mol. The van der Waals surface area contributed by atoms with Gasteiger partial charge in [-0.05, 0) is 0 Å². The van der Waals surface area contributed by atoms with Crippen molar-refractivity contribution >= 4 is 16.5 Å². The van der Waals surface area contributed by atoms with Gasteiger partial charge in [0.25, 0.3) is 0 Å². The van der Waals surface area contributed by atoms with Crippen molar-refractivity contribution < 1.29 is 0 Å². The van der Waals surface area contributed by atoms with E-state index in [4.69, 9.17) is 5.84 Å². The fourth-order valence-electron chi connectivity index (χ4n) is 1.09. The van der Waals surface area contributed by atoms with Crippen LogP contribution < -0.4 is 17.0 Å². The molecule has 0 spiro atoms. The molecule has 2 rings (SSSR count). The Morgan fingerprint density at radius 1 is 1.67 bits per heavy atom. The van der Waals surface area contributed by atoms with E-state index in [0.29, 0.717) is 10.7 Å². The number of hydrogen-bond acceptors (Lipinski definition) is 7. The molecule has 0 bridgehead atoms. The summed E-state index contributed by atoms with van der Waals surface area (Å²) in [5, 5.41) is 8.38. The van der Waals surface area contributed by atoms with E-state index >= 15 is 0 Å². The molecule has 0 saturated heterocycles. The molecular formula is C6H9N7OS. The molecule has 0 unspecified atom stereocenters. The number of nitrogens with one attached hydrogen (secondary N) is 1. The van der Waals surface area contributed by atoms with Crippen molar-refractivity contribution in [1.29, 1.82) is 0 Å². The second kappa shape index (κ2) is 3.79. The Hall–Kier alpha value is -1.74. The van der Waals surface area contributed by atoms with E-state index in [1.807, 2.05) is 0 Å². The molecule has 0 radical (unpaired) electrons. The quantitative estimate of drug-likeness (QED) is 0.502. The van der Waals surface area contributed by atoms with Crippen LogP contribution in [0.1, 0.15) is 5.69 Å². The fourth-order valence-corrected chi connectivity index (χ4v) is 1.58. The fraction of sp³-hybridized carbons (Fsp3) is 0.333. The molecule has 2 aromatic heterocycles. The van der Waals surface area contributed by atoms with Crippen molar-refractivity contribution in [2.75, 3.05) is 5.43 Å². The number of nitrogen functional groups attached to an aromatic ring is 1. The molecule has 0 saturated carbocycles. The summed E-state index contributed by atoms with van der Waals surface area (Å²) in [5.41, 5.74) is 2.86. The Morgan fingerprint density at radius 2 is 2.47 bits per heavy atom. The smallest absolute Gasteiger partial charge is 0.313 e. The first-order chi connectivity index (χ1) is 7.22. The van der Waals surface area contributed by atoms with Crippen molar-refractivity contribution in [3.63, 3.8) is 0 Å². The van der Waals surface area contributed by atoms with Gasteiger partial charge in [-0.15, -0.1) is 5.10 Å². The van der Waals surface area contributed by atoms with Crippen LogP contribution in [-0.4, -0.2) is 23.9 Å². The van der Waals surface area contributed by atoms with E-state index in [0.717, 1.165) is 11.5 Å². The Kier molecular flexibility index (Phi) is 2.47. The highest BCUT2D eigenvalue weighted by atomic mass is 32.1. The number of aryl methyl sites for hydroxylation is 1. The van der Waals surface area contributed by atoms with Gasteiger partial charge in [-0.2, -0.15) is 5.10 Å². The lowest BCUT2D eigenvalue weighted by Crippen LogP contribution is -2.24. The highest BCUT2D eigenvalue weighted by Crippen LogP contribution is 2.15. The Balaban J connectivity index is 2.29. The summed E-state index contributed by atoms with van der Waals surface area (Å²) < 4.78 is 6.40. The molecule has 9 heteroatoms. The Labute approximate surface area is 88.5 Å². The zero-order valence-electron chi connectivity index (χ0n) is 7.91. The van der Waals surface area contributed by atoms with Gasteiger partial charge < -0.3 is 5.43 Å². The molecule has 0 amide bonds. The molecule has 80 valence electrons. The van der Waals surface area contributed by atoms with E-state index < -0.39 is 0 Å². The van der Waals surface area contributed by atoms with E-state index in [1.165, 1.54) is 15.6 Å². The van der Waals surface area contributed by atoms with Crippen molar-refractivity contribution in [2.45, 2.75) is 6.54 Å². The van der Waals surface area contributed by atoms with Crippen LogP contribution in [0, 0.1) is 0 Å². The Morgan fingerprint density at radius 3 is 3.07 bits per heavy atom. The van der Waals surface area contributed by atoms with Crippen molar-refractivity contribution in [2.24, 2.45) is 12.9 Å². The third kappa shape index (κ3) is 1.74. The minimum Gasteiger partial charge on any atom is -0.313 e. The van der Waals surface area contributed by atoms with Gasteiger partial charge in [0, 0.05) is 18.6 Å². The predicted octanol–water partition coefficient (Wildman–Crippen LogP) is -1.23. The maximum absolute atomic E-state index is 11.5. The minimum atomic E-state index is -0.203. The number of aromatic nitrogens is 5. The van der Waals surface area contributed by atoms with Crippen LogP contribution >= 0.6 is 11.5 Å². The monoisotopic (exact) mass is 227 g/mol. The van der Waals surface area contributed by atoms with Crippen LogP contribution in [0.3, 0.4) is 0 Å². The van der Waals surface area contributed by atoms with Crippen LogP contribution in [0.4, 0.5) is 5.00 Å². The van der Waals surface area contributed by atoms with Gasteiger partial charge in [-0.25, -0.2) is 15.3 Å². The van der Waals surface area contributed by atoms with Gasteiger partial charge in [0.05, 0.1) is 6.54 Å². The van der Waals surface area contributed by atoms with Gasteiger partial charge >= 0.3 is 5.69 Å². The summed E-state index contributed by atoms with van der Waals surface area (Å²) in [5.74, 6) is 5.26. The molecule has 3 N–H and O–H groups in total. The summed E-state index contributed by atoms with van der Waals surface area (Å²) in [6, 6.07) is 0. The summed E-state index contributed by atoms with van der Waals surface area (Å²) in [6.45, 7) is 0.260. The number of hydrogen-bond donors (Lipinski definition) is 2. The molecule has 0 aliphatic carbocycles. The third-order valence-corrected chi connectivity index (χ3v) is 2.57.